The van der Waals surface area contributed by atoms with Gasteiger partial charge in [-0.3, -0.25) is 0 Å². The predicted octanol–water partition coefficient (Wildman–Crippen LogP) is 3.78. The number of nitrogens with zero attached hydrogens (tertiary/aromatic N) is 2. The van der Waals surface area contributed by atoms with Crippen LogP contribution in [0.4, 0.5) is 5.69 Å². The number of rotatable bonds is 3. The second-order valence-corrected chi connectivity index (χ2v) is 7.89. The van der Waals surface area contributed by atoms with Crippen molar-refractivity contribution < 1.29 is 14.4 Å². The number of benzene rings is 2. The van der Waals surface area contributed by atoms with Gasteiger partial charge in [-0.2, -0.15) is 0 Å². The third kappa shape index (κ3) is 2.79. The van der Waals surface area contributed by atoms with Gasteiger partial charge in [0.15, 0.2) is 6.54 Å². The Balaban J connectivity index is 1.74. The van der Waals surface area contributed by atoms with Crippen LogP contribution >= 0.6 is 35.0 Å². The summed E-state index contributed by atoms with van der Waals surface area (Å²) in [5.41, 5.74) is 0.636. The Morgan fingerprint density at radius 3 is 2.60 bits per heavy atom. The van der Waals surface area contributed by atoms with Crippen LogP contribution < -0.4 is 9.64 Å². The van der Waals surface area contributed by atoms with E-state index in [0.29, 0.717) is 16.6 Å². The van der Waals surface area contributed by atoms with E-state index < -0.39 is 5.72 Å². The third-order valence-corrected chi connectivity index (χ3v) is 6.42. The largest absolute Gasteiger partial charge is 0.497 e. The molecule has 1 atom stereocenters. The number of halogens is 2. The van der Waals surface area contributed by atoms with Gasteiger partial charge in [0, 0.05) is 11.3 Å². The summed E-state index contributed by atoms with van der Waals surface area (Å²) >= 11 is 14.0. The number of aliphatic hydroxyl groups is 1. The van der Waals surface area contributed by atoms with Crippen LogP contribution in [0.1, 0.15) is 5.56 Å². The summed E-state index contributed by atoms with van der Waals surface area (Å²) in [6.07, 6.45) is 0. The maximum Gasteiger partial charge on any atom is 0.316 e. The number of thioether (sulfide) groups is 1. The fourth-order valence-electron chi connectivity index (χ4n) is 3.30. The molecule has 1 N–H and O–H groups in total. The first kappa shape index (κ1) is 17.0. The van der Waals surface area contributed by atoms with Crippen LogP contribution in [-0.4, -0.2) is 40.8 Å². The van der Waals surface area contributed by atoms with Crippen molar-refractivity contribution in [3.63, 3.8) is 0 Å². The van der Waals surface area contributed by atoms with E-state index in [9.17, 15) is 5.11 Å². The maximum atomic E-state index is 11.5. The normalized spacial score (nSPS) is 22.5. The summed E-state index contributed by atoms with van der Waals surface area (Å²) in [4.78, 5) is 2.14. The highest BCUT2D eigenvalue weighted by Crippen LogP contribution is 2.39. The lowest BCUT2D eigenvalue weighted by atomic mass is 10.0. The molecule has 130 valence electrons. The Morgan fingerprint density at radius 2 is 1.92 bits per heavy atom. The fraction of sp³-hybridized carbons (Fsp3) is 0.278. The number of hydrogen-bond donors (Lipinski definition) is 1. The Hall–Kier alpha value is -1.40. The lowest BCUT2D eigenvalue weighted by molar-refractivity contribution is -0.650. The quantitative estimate of drug-likeness (QED) is 0.802. The number of hydrogen-bond acceptors (Lipinski definition) is 4. The van der Waals surface area contributed by atoms with Gasteiger partial charge in [-0.05, 0) is 48.2 Å². The summed E-state index contributed by atoms with van der Waals surface area (Å²) in [5, 5.41) is 13.5. The van der Waals surface area contributed by atoms with E-state index in [0.717, 1.165) is 34.5 Å². The summed E-state index contributed by atoms with van der Waals surface area (Å²) in [6, 6.07) is 13.2. The van der Waals surface area contributed by atoms with E-state index in [1.807, 2.05) is 34.9 Å². The minimum absolute atomic E-state index is 0.430. The molecule has 0 fully saturated rings. The molecule has 2 aromatic carbocycles. The van der Waals surface area contributed by atoms with E-state index in [1.54, 1.807) is 31.0 Å². The van der Waals surface area contributed by atoms with Crippen molar-refractivity contribution in [2.75, 3.05) is 30.9 Å². The first-order chi connectivity index (χ1) is 12.0. The monoisotopic (exact) mass is 395 g/mol. The Morgan fingerprint density at radius 1 is 1.16 bits per heavy atom. The molecule has 0 aromatic heterocycles. The molecule has 4 rings (SSSR count). The predicted molar refractivity (Wildman–Crippen MR) is 103 cm³/mol. The van der Waals surface area contributed by atoms with E-state index in [4.69, 9.17) is 27.9 Å². The highest BCUT2D eigenvalue weighted by atomic mass is 35.5. The molecule has 1 unspecified atom stereocenters. The smallest absolute Gasteiger partial charge is 0.316 e. The molecular weight excluding hydrogens is 379 g/mol. The molecule has 7 heteroatoms. The van der Waals surface area contributed by atoms with Crippen molar-refractivity contribution in [3.05, 3.63) is 58.1 Å². The molecule has 0 amide bonds. The molecule has 0 saturated carbocycles. The zero-order valence-corrected chi connectivity index (χ0v) is 15.9. The van der Waals surface area contributed by atoms with E-state index in [-0.39, 0.29) is 0 Å². The molecule has 2 aromatic rings. The van der Waals surface area contributed by atoms with Crippen LogP contribution in [0.15, 0.2) is 42.5 Å². The lowest BCUT2D eigenvalue weighted by Gasteiger charge is -2.23. The Kier molecular flexibility index (Phi) is 4.36. The highest BCUT2D eigenvalue weighted by Gasteiger charge is 2.54. The van der Waals surface area contributed by atoms with E-state index in [2.05, 4.69) is 4.90 Å². The molecular formula is C18H17Cl2N2O2S+. The van der Waals surface area contributed by atoms with Gasteiger partial charge in [-0.15, -0.1) is 0 Å². The fourth-order valence-corrected chi connectivity index (χ4v) is 4.78. The Labute approximate surface area is 160 Å². The SMILES string of the molecule is COc1ccc(N2CC(O)(c3ccc(Cl)c(Cl)c3)[N+]3=C2SCC3)cc1. The van der Waals surface area contributed by atoms with Crippen LogP contribution in [0, 0.1) is 0 Å². The Bertz CT molecular complexity index is 857. The van der Waals surface area contributed by atoms with Crippen molar-refractivity contribution in [3.8, 4) is 5.75 Å². The van der Waals surface area contributed by atoms with Crippen molar-refractivity contribution in [2.24, 2.45) is 0 Å². The van der Waals surface area contributed by atoms with Crippen LogP contribution in [0.25, 0.3) is 0 Å². The van der Waals surface area contributed by atoms with Gasteiger partial charge in [0.1, 0.15) is 11.4 Å². The van der Waals surface area contributed by atoms with Crippen molar-refractivity contribution in [1.82, 2.24) is 0 Å². The molecule has 2 aliphatic rings. The van der Waals surface area contributed by atoms with Gasteiger partial charge in [0.05, 0.1) is 23.7 Å². The molecule has 0 aliphatic carbocycles. The van der Waals surface area contributed by atoms with Crippen LogP contribution in [0.5, 0.6) is 5.75 Å². The zero-order chi connectivity index (χ0) is 17.6. The number of amidine groups is 1. The second-order valence-electron chi connectivity index (χ2n) is 6.01. The molecule has 0 saturated heterocycles. The first-order valence-corrected chi connectivity index (χ1v) is 9.64. The van der Waals surface area contributed by atoms with Gasteiger partial charge in [0.25, 0.3) is 5.72 Å². The van der Waals surface area contributed by atoms with Crippen molar-refractivity contribution in [2.45, 2.75) is 5.72 Å². The zero-order valence-electron chi connectivity index (χ0n) is 13.6. The topological polar surface area (TPSA) is 35.7 Å². The van der Waals surface area contributed by atoms with E-state index in [1.165, 1.54) is 0 Å². The highest BCUT2D eigenvalue weighted by molar-refractivity contribution is 8.14. The van der Waals surface area contributed by atoms with E-state index >= 15 is 0 Å². The average molecular weight is 396 g/mol. The van der Waals surface area contributed by atoms with Gasteiger partial charge in [-0.1, -0.05) is 29.3 Å². The van der Waals surface area contributed by atoms with Gasteiger partial charge in [-0.25, -0.2) is 9.48 Å². The summed E-state index contributed by atoms with van der Waals surface area (Å²) in [5.74, 6) is 1.75. The number of ether oxygens (including phenoxy) is 1. The standard InChI is InChI=1S/C18H17Cl2N2O2S/c1-24-14-5-3-13(4-6-14)21-11-18(23,22-8-9-25-17(21)22)12-2-7-15(19)16(20)10-12/h2-7,10,23H,8-9,11H2,1H3/q+1. The molecule has 0 bridgehead atoms. The minimum Gasteiger partial charge on any atom is -0.497 e. The van der Waals surface area contributed by atoms with Gasteiger partial charge in [0.2, 0.25) is 0 Å². The summed E-state index contributed by atoms with van der Waals surface area (Å²) < 4.78 is 7.28. The molecule has 4 nitrogen and oxygen atoms in total. The molecule has 25 heavy (non-hydrogen) atoms. The van der Waals surface area contributed by atoms with Crippen LogP contribution in [0.2, 0.25) is 10.0 Å². The van der Waals surface area contributed by atoms with Crippen molar-refractivity contribution >= 4 is 45.8 Å². The third-order valence-electron chi connectivity index (χ3n) is 4.60. The van der Waals surface area contributed by atoms with Crippen LogP contribution in [-0.2, 0) is 5.72 Å². The maximum absolute atomic E-state index is 11.5. The minimum atomic E-state index is -1.13. The van der Waals surface area contributed by atoms with Gasteiger partial charge >= 0.3 is 5.17 Å². The van der Waals surface area contributed by atoms with Crippen LogP contribution in [0.3, 0.4) is 0 Å². The number of methoxy groups -OCH3 is 1. The number of β-amino-alcohol motifs (C(OH)–C–C–N with tert-alkyl or cyclic N) is 1. The molecule has 2 heterocycles. The summed E-state index contributed by atoms with van der Waals surface area (Å²) in [6.45, 7) is 1.21. The van der Waals surface area contributed by atoms with Crippen molar-refractivity contribution in [1.29, 1.82) is 0 Å². The average Bonchev–Trinajstić information content (AvgIpc) is 3.21. The summed E-state index contributed by atoms with van der Waals surface area (Å²) in [7, 11) is 1.65. The lowest BCUT2D eigenvalue weighted by Crippen LogP contribution is -2.41. The molecule has 0 spiro atoms. The second kappa shape index (κ2) is 6.40. The number of anilines is 1. The molecule has 2 aliphatic heterocycles. The van der Waals surface area contributed by atoms with Gasteiger partial charge < -0.3 is 9.84 Å². The molecule has 0 radical (unpaired) electrons. The first-order valence-electron chi connectivity index (χ1n) is 7.90.